The van der Waals surface area contributed by atoms with Gasteiger partial charge in [0.15, 0.2) is 17.8 Å². The maximum atomic E-state index is 12.6. The molecule has 1 heterocycles. The summed E-state index contributed by atoms with van der Waals surface area (Å²) in [5.74, 6) is 0.621. The summed E-state index contributed by atoms with van der Waals surface area (Å²) in [5.41, 5.74) is 2.65. The second-order valence-electron chi connectivity index (χ2n) is 8.71. The molecule has 0 aliphatic heterocycles. The van der Waals surface area contributed by atoms with Gasteiger partial charge < -0.3 is 14.5 Å². The van der Waals surface area contributed by atoms with E-state index >= 15 is 0 Å². The number of rotatable bonds is 7. The Bertz CT molecular complexity index is 1150. The van der Waals surface area contributed by atoms with Crippen molar-refractivity contribution in [3.8, 4) is 5.75 Å². The molecule has 0 spiro atoms. The van der Waals surface area contributed by atoms with Crippen LogP contribution in [0, 0.1) is 12.3 Å². The van der Waals surface area contributed by atoms with Gasteiger partial charge in [-0.3, -0.25) is 9.59 Å². The predicted octanol–water partition coefficient (Wildman–Crippen LogP) is 4.48. The molecule has 3 fully saturated rings. The van der Waals surface area contributed by atoms with Crippen LogP contribution in [0.25, 0.3) is 11.1 Å². The third-order valence-electron chi connectivity index (χ3n) is 6.21. The molecule has 0 radical (unpaired) electrons. The summed E-state index contributed by atoms with van der Waals surface area (Å²) < 4.78 is 10.8. The number of oxazole rings is 1. The summed E-state index contributed by atoms with van der Waals surface area (Å²) in [6.45, 7) is 1.95. The van der Waals surface area contributed by atoms with E-state index in [1.807, 2.05) is 13.0 Å². The Balaban J connectivity index is 1.11. The first-order valence-corrected chi connectivity index (χ1v) is 10.3. The molecule has 1 N–H and O–H groups in total. The summed E-state index contributed by atoms with van der Waals surface area (Å²) in [6, 6.07) is 10.6. The van der Waals surface area contributed by atoms with Crippen molar-refractivity contribution in [2.24, 2.45) is 5.41 Å². The summed E-state index contributed by atoms with van der Waals surface area (Å²) in [5, 5.41) is 3.82. The van der Waals surface area contributed by atoms with Gasteiger partial charge in [0, 0.05) is 22.5 Å². The number of nitrogens with zero attached hydrogens (tertiary/aromatic N) is 1. The highest BCUT2D eigenvalue weighted by atomic mass is 35.5. The molecule has 6 rings (SSSR count). The number of halogens is 1. The lowest BCUT2D eigenvalue weighted by molar-refractivity contribution is -0.162. The monoisotopic (exact) mass is 424 g/mol. The van der Waals surface area contributed by atoms with E-state index in [0.717, 1.165) is 24.8 Å². The Morgan fingerprint density at radius 3 is 2.77 bits per heavy atom. The molecule has 154 valence electrons. The fourth-order valence-electron chi connectivity index (χ4n) is 4.97. The van der Waals surface area contributed by atoms with Gasteiger partial charge in [-0.15, -0.1) is 0 Å². The van der Waals surface area contributed by atoms with Crippen molar-refractivity contribution in [1.29, 1.82) is 0 Å². The van der Waals surface area contributed by atoms with Crippen LogP contribution in [0.5, 0.6) is 5.75 Å². The molecule has 7 heteroatoms. The van der Waals surface area contributed by atoms with E-state index in [1.54, 1.807) is 30.3 Å². The number of nitrogens with one attached hydrogen (secondary N) is 1. The van der Waals surface area contributed by atoms with Crippen molar-refractivity contribution in [3.05, 3.63) is 58.9 Å². The van der Waals surface area contributed by atoms with E-state index < -0.39 is 0 Å². The van der Waals surface area contributed by atoms with Crippen LogP contribution in [0.2, 0.25) is 5.02 Å². The Hall–Kier alpha value is -2.86. The highest BCUT2D eigenvalue weighted by Crippen LogP contribution is 2.69. The molecule has 3 aliphatic carbocycles. The molecule has 3 saturated carbocycles. The van der Waals surface area contributed by atoms with Crippen LogP contribution >= 0.6 is 11.6 Å². The number of aryl methyl sites for hydroxylation is 1. The second kappa shape index (κ2) is 6.84. The number of hydrogen-bond donors (Lipinski definition) is 1. The smallest absolute Gasteiger partial charge is 0.251 e. The van der Waals surface area contributed by atoms with Crippen LogP contribution in [0.15, 0.2) is 47.2 Å². The second-order valence-corrected chi connectivity index (χ2v) is 9.12. The molecule has 6 nitrogen and oxygen atoms in total. The molecule has 30 heavy (non-hydrogen) atoms. The standard InChI is InChI=1S/C23H21ClN2O4/c1-14-6-17(3-4-18(14)24)29-9-16(27)8-22-10-23(11-22,12-22)26-21(28)15-2-5-20-19(7-15)25-13-30-20/h2-7,13H,8-12H2,1H3,(H,26,28). The highest BCUT2D eigenvalue weighted by molar-refractivity contribution is 6.31. The average molecular weight is 425 g/mol. The van der Waals surface area contributed by atoms with Gasteiger partial charge in [0.2, 0.25) is 0 Å². The van der Waals surface area contributed by atoms with E-state index in [2.05, 4.69) is 10.3 Å². The van der Waals surface area contributed by atoms with Crippen LogP contribution < -0.4 is 10.1 Å². The molecule has 1 aromatic heterocycles. The minimum atomic E-state index is -0.176. The Morgan fingerprint density at radius 2 is 2.00 bits per heavy atom. The maximum absolute atomic E-state index is 12.6. The Labute approximate surface area is 178 Å². The van der Waals surface area contributed by atoms with Crippen LogP contribution in [0.4, 0.5) is 0 Å². The number of ketones is 1. The molecular formula is C23H21ClN2O4. The zero-order chi connectivity index (χ0) is 20.9. The number of fused-ring (bicyclic) bond motifs is 1. The maximum Gasteiger partial charge on any atom is 0.251 e. The van der Waals surface area contributed by atoms with Crippen molar-refractivity contribution in [1.82, 2.24) is 10.3 Å². The molecule has 0 atom stereocenters. The van der Waals surface area contributed by atoms with E-state index in [0.29, 0.717) is 33.9 Å². The zero-order valence-electron chi connectivity index (χ0n) is 16.5. The number of amides is 1. The van der Waals surface area contributed by atoms with Gasteiger partial charge >= 0.3 is 0 Å². The molecule has 3 aliphatic rings. The fraction of sp³-hybridized carbons (Fsp3) is 0.348. The summed E-state index contributed by atoms with van der Waals surface area (Å²) >= 11 is 6.01. The number of hydrogen-bond acceptors (Lipinski definition) is 5. The average Bonchev–Trinajstić information content (AvgIpc) is 3.14. The number of carbonyl (C=O) groups is 2. The third-order valence-corrected chi connectivity index (χ3v) is 6.64. The fourth-order valence-corrected chi connectivity index (χ4v) is 5.09. The van der Waals surface area contributed by atoms with Crippen LogP contribution in [0.3, 0.4) is 0 Å². The van der Waals surface area contributed by atoms with Gasteiger partial charge in [-0.25, -0.2) is 4.98 Å². The van der Waals surface area contributed by atoms with E-state index in [-0.39, 0.29) is 29.3 Å². The first kappa shape index (κ1) is 19.1. The molecule has 3 aromatic rings. The first-order valence-electron chi connectivity index (χ1n) is 9.92. The molecule has 1 amide bonds. The van der Waals surface area contributed by atoms with Gasteiger partial charge in [-0.05, 0) is 73.6 Å². The Morgan fingerprint density at radius 1 is 1.20 bits per heavy atom. The molecule has 0 saturated heterocycles. The minimum absolute atomic E-state index is 0.0136. The SMILES string of the molecule is Cc1cc(OCC(=O)CC23CC(NC(=O)c4ccc5ocnc5c4)(C2)C3)ccc1Cl. The summed E-state index contributed by atoms with van der Waals surface area (Å²) in [4.78, 5) is 29.1. The topological polar surface area (TPSA) is 81.4 Å². The number of carbonyl (C=O) groups excluding carboxylic acids is 2. The van der Waals surface area contributed by atoms with E-state index in [9.17, 15) is 9.59 Å². The normalized spacial score (nSPS) is 24.1. The van der Waals surface area contributed by atoms with Gasteiger partial charge in [0.25, 0.3) is 5.91 Å². The minimum Gasteiger partial charge on any atom is -0.486 e. The number of aromatic nitrogens is 1. The van der Waals surface area contributed by atoms with E-state index in [4.69, 9.17) is 20.8 Å². The van der Waals surface area contributed by atoms with Crippen molar-refractivity contribution < 1.29 is 18.7 Å². The highest BCUT2D eigenvalue weighted by Gasteiger charge is 2.68. The van der Waals surface area contributed by atoms with Crippen LogP contribution in [-0.4, -0.2) is 28.8 Å². The molecule has 2 bridgehead atoms. The zero-order valence-corrected chi connectivity index (χ0v) is 17.3. The lowest BCUT2D eigenvalue weighted by atomic mass is 9.38. The van der Waals surface area contributed by atoms with Crippen molar-refractivity contribution in [3.63, 3.8) is 0 Å². The quantitative estimate of drug-likeness (QED) is 0.604. The van der Waals surface area contributed by atoms with Gasteiger partial charge in [0.1, 0.15) is 17.9 Å². The third kappa shape index (κ3) is 3.35. The Kier molecular flexibility index (Phi) is 4.36. The molecular weight excluding hydrogens is 404 g/mol. The van der Waals surface area contributed by atoms with Crippen LogP contribution in [0.1, 0.15) is 41.6 Å². The number of ether oxygens (including phenoxy) is 1. The summed E-state index contributed by atoms with van der Waals surface area (Å²) in [7, 11) is 0. The van der Waals surface area contributed by atoms with Crippen molar-refractivity contribution in [2.45, 2.75) is 38.1 Å². The predicted molar refractivity (Wildman–Crippen MR) is 112 cm³/mol. The molecule has 0 unspecified atom stereocenters. The molecule has 2 aromatic carbocycles. The van der Waals surface area contributed by atoms with Crippen molar-refractivity contribution >= 4 is 34.4 Å². The van der Waals surface area contributed by atoms with E-state index in [1.165, 1.54) is 6.39 Å². The van der Waals surface area contributed by atoms with Gasteiger partial charge in [0.05, 0.1) is 0 Å². The van der Waals surface area contributed by atoms with Crippen LogP contribution in [-0.2, 0) is 4.79 Å². The lowest BCUT2D eigenvalue weighted by Gasteiger charge is -2.70. The largest absolute Gasteiger partial charge is 0.486 e. The van der Waals surface area contributed by atoms with Gasteiger partial charge in [-0.1, -0.05) is 11.6 Å². The van der Waals surface area contributed by atoms with Crippen molar-refractivity contribution in [2.75, 3.05) is 6.61 Å². The number of Topliss-reactive ketones (excluding diaryl/α,β-unsaturated/α-hetero) is 1. The number of benzene rings is 2. The lowest BCUT2D eigenvalue weighted by Crippen LogP contribution is -2.75. The summed E-state index contributed by atoms with van der Waals surface area (Å²) in [6.07, 6.45) is 4.37. The van der Waals surface area contributed by atoms with Gasteiger partial charge in [-0.2, -0.15) is 0 Å². The first-order chi connectivity index (χ1) is 14.4.